The molecule has 0 fully saturated rings. The molecule has 3 rings (SSSR count). The molecular formula is C19H24N2. The van der Waals surface area contributed by atoms with Gasteiger partial charge in [-0.15, -0.1) is 0 Å². The number of benzene rings is 1. The molecule has 1 aliphatic carbocycles. The van der Waals surface area contributed by atoms with Crippen LogP contribution in [0, 0.1) is 6.92 Å². The highest BCUT2D eigenvalue weighted by Crippen LogP contribution is 2.31. The van der Waals surface area contributed by atoms with Crippen LogP contribution < -0.4 is 5.73 Å². The molecule has 2 nitrogen and oxygen atoms in total. The normalized spacial score (nSPS) is 20.4. The first-order valence-corrected chi connectivity index (χ1v) is 8.06. The Kier molecular flexibility index (Phi) is 4.35. The van der Waals surface area contributed by atoms with Crippen LogP contribution in [0.5, 0.6) is 0 Å². The third kappa shape index (κ3) is 3.16. The Balaban J connectivity index is 2.02. The molecule has 1 aliphatic rings. The summed E-state index contributed by atoms with van der Waals surface area (Å²) in [5.41, 5.74) is 11.4. The molecule has 2 N–H and O–H groups in total. The molecule has 0 saturated carbocycles. The molecule has 0 spiro atoms. The minimum atomic E-state index is 0.00898. The van der Waals surface area contributed by atoms with Crippen LogP contribution in [0.4, 0.5) is 0 Å². The predicted octanol–water partition coefficient (Wildman–Crippen LogP) is 4.82. The molecule has 1 aromatic heterocycles. The molecule has 1 aromatic carbocycles. The minimum Gasteiger partial charge on any atom is -0.321 e. The zero-order chi connectivity index (χ0) is 14.7. The van der Waals surface area contributed by atoms with E-state index < -0.39 is 0 Å². The smallest absolute Gasteiger partial charge is 0.0708 e. The second-order valence-electron chi connectivity index (χ2n) is 6.08. The number of aryl methyl sites for hydroxylation is 1. The monoisotopic (exact) mass is 280 g/mol. The lowest BCUT2D eigenvalue weighted by atomic mass is 9.90. The summed E-state index contributed by atoms with van der Waals surface area (Å²) >= 11 is 0. The summed E-state index contributed by atoms with van der Waals surface area (Å²) in [5, 5.41) is 1.19. The molecule has 0 saturated heterocycles. The number of hydrogen-bond donors (Lipinski definition) is 1. The van der Waals surface area contributed by atoms with Crippen molar-refractivity contribution in [3.05, 3.63) is 53.2 Å². The Morgan fingerprint density at radius 1 is 1.10 bits per heavy atom. The molecule has 1 unspecified atom stereocenters. The van der Waals surface area contributed by atoms with Crippen molar-refractivity contribution in [2.24, 2.45) is 5.73 Å². The lowest BCUT2D eigenvalue weighted by Crippen LogP contribution is -2.15. The summed E-state index contributed by atoms with van der Waals surface area (Å²) in [5.74, 6) is 0. The Morgan fingerprint density at radius 2 is 1.90 bits per heavy atom. The van der Waals surface area contributed by atoms with Gasteiger partial charge in [0, 0.05) is 11.1 Å². The second-order valence-corrected chi connectivity index (χ2v) is 6.08. The third-order valence-corrected chi connectivity index (χ3v) is 4.44. The van der Waals surface area contributed by atoms with Crippen molar-refractivity contribution < 1.29 is 0 Å². The highest BCUT2D eigenvalue weighted by Gasteiger charge is 2.16. The van der Waals surface area contributed by atoms with E-state index in [9.17, 15) is 0 Å². The summed E-state index contributed by atoms with van der Waals surface area (Å²) in [6.45, 7) is 2.05. The molecule has 0 aliphatic heterocycles. The third-order valence-electron chi connectivity index (χ3n) is 4.44. The van der Waals surface area contributed by atoms with Gasteiger partial charge in [-0.25, -0.2) is 0 Å². The fraction of sp³-hybridized carbons (Fsp3) is 0.421. The van der Waals surface area contributed by atoms with Gasteiger partial charge in [0.15, 0.2) is 0 Å². The van der Waals surface area contributed by atoms with Gasteiger partial charge < -0.3 is 5.73 Å². The van der Waals surface area contributed by atoms with E-state index in [2.05, 4.69) is 42.2 Å². The lowest BCUT2D eigenvalue weighted by molar-refractivity contribution is 0.603. The zero-order valence-electron chi connectivity index (χ0n) is 12.8. The Hall–Kier alpha value is -1.67. The maximum absolute atomic E-state index is 6.63. The van der Waals surface area contributed by atoms with E-state index in [1.165, 1.54) is 48.6 Å². The number of hydrogen-bond acceptors (Lipinski definition) is 2. The number of rotatable bonds is 2. The van der Waals surface area contributed by atoms with Crippen LogP contribution in [0.1, 0.15) is 55.8 Å². The largest absolute Gasteiger partial charge is 0.321 e. The van der Waals surface area contributed by atoms with Gasteiger partial charge in [-0.05, 0) is 50.3 Å². The summed E-state index contributed by atoms with van der Waals surface area (Å²) in [4.78, 5) is 4.62. The van der Waals surface area contributed by atoms with Crippen LogP contribution in [0.15, 0.2) is 42.0 Å². The van der Waals surface area contributed by atoms with Crippen LogP contribution in [-0.4, -0.2) is 4.98 Å². The Bertz CT molecular complexity index is 658. The van der Waals surface area contributed by atoms with Crippen molar-refractivity contribution >= 4 is 10.9 Å². The number of nitrogens with zero attached hydrogens (tertiary/aromatic N) is 1. The van der Waals surface area contributed by atoms with Crippen molar-refractivity contribution in [2.45, 2.75) is 51.5 Å². The van der Waals surface area contributed by atoms with E-state index in [0.717, 1.165) is 17.6 Å². The number of para-hydroxylation sites is 1. The van der Waals surface area contributed by atoms with E-state index in [0.29, 0.717) is 0 Å². The van der Waals surface area contributed by atoms with Crippen molar-refractivity contribution in [1.82, 2.24) is 4.98 Å². The molecule has 1 heterocycles. The van der Waals surface area contributed by atoms with E-state index in [4.69, 9.17) is 5.73 Å². The molecule has 110 valence electrons. The van der Waals surface area contributed by atoms with E-state index >= 15 is 0 Å². The fourth-order valence-electron chi connectivity index (χ4n) is 3.30. The first-order valence-electron chi connectivity index (χ1n) is 8.06. The van der Waals surface area contributed by atoms with Gasteiger partial charge in [-0.3, -0.25) is 4.98 Å². The van der Waals surface area contributed by atoms with Crippen LogP contribution in [0.3, 0.4) is 0 Å². The van der Waals surface area contributed by atoms with Gasteiger partial charge >= 0.3 is 0 Å². The minimum absolute atomic E-state index is 0.00898. The van der Waals surface area contributed by atoms with Gasteiger partial charge in [-0.2, -0.15) is 0 Å². The van der Waals surface area contributed by atoms with Crippen LogP contribution >= 0.6 is 0 Å². The second kappa shape index (κ2) is 6.40. The topological polar surface area (TPSA) is 38.9 Å². The summed E-state index contributed by atoms with van der Waals surface area (Å²) < 4.78 is 0. The highest BCUT2D eigenvalue weighted by molar-refractivity contribution is 5.83. The first kappa shape index (κ1) is 14.3. The first-order chi connectivity index (χ1) is 10.3. The van der Waals surface area contributed by atoms with E-state index in [1.807, 2.05) is 6.07 Å². The SMILES string of the molecule is Cc1cc(C(N)/C2=C/CCCCCC2)c2ccccc2n1. The molecule has 21 heavy (non-hydrogen) atoms. The van der Waals surface area contributed by atoms with Gasteiger partial charge in [-0.1, -0.05) is 42.7 Å². The lowest BCUT2D eigenvalue weighted by Gasteiger charge is -2.20. The van der Waals surface area contributed by atoms with Gasteiger partial charge in [0.05, 0.1) is 11.6 Å². The molecule has 0 radical (unpaired) electrons. The summed E-state index contributed by atoms with van der Waals surface area (Å²) in [7, 11) is 0. The van der Waals surface area contributed by atoms with E-state index in [1.54, 1.807) is 0 Å². The molecular weight excluding hydrogens is 256 g/mol. The maximum Gasteiger partial charge on any atom is 0.0708 e. The van der Waals surface area contributed by atoms with Crippen molar-refractivity contribution in [1.29, 1.82) is 0 Å². The van der Waals surface area contributed by atoms with Gasteiger partial charge in [0.1, 0.15) is 0 Å². The van der Waals surface area contributed by atoms with Gasteiger partial charge in [0.2, 0.25) is 0 Å². The Morgan fingerprint density at radius 3 is 2.81 bits per heavy atom. The molecule has 2 heteroatoms. The summed E-state index contributed by atoms with van der Waals surface area (Å²) in [6.07, 6.45) is 9.95. The molecule has 1 atom stereocenters. The van der Waals surface area contributed by atoms with Crippen LogP contribution in [0.2, 0.25) is 0 Å². The average Bonchev–Trinajstić information content (AvgIpc) is 2.45. The van der Waals surface area contributed by atoms with Crippen molar-refractivity contribution in [3.8, 4) is 0 Å². The number of nitrogens with two attached hydrogens (primary N) is 1. The number of aromatic nitrogens is 1. The maximum atomic E-state index is 6.63. The fourth-order valence-corrected chi connectivity index (χ4v) is 3.30. The van der Waals surface area contributed by atoms with Gasteiger partial charge in [0.25, 0.3) is 0 Å². The molecule has 2 aromatic rings. The quantitative estimate of drug-likeness (QED) is 0.801. The van der Waals surface area contributed by atoms with Crippen molar-refractivity contribution in [2.75, 3.05) is 0 Å². The van der Waals surface area contributed by atoms with Crippen LogP contribution in [0.25, 0.3) is 10.9 Å². The average molecular weight is 280 g/mol. The summed E-state index contributed by atoms with van der Waals surface area (Å²) in [6, 6.07) is 10.5. The van der Waals surface area contributed by atoms with Crippen LogP contribution in [-0.2, 0) is 0 Å². The molecule has 0 bridgehead atoms. The number of fused-ring (bicyclic) bond motifs is 1. The Labute approximate surface area is 127 Å². The molecule has 0 amide bonds. The van der Waals surface area contributed by atoms with E-state index in [-0.39, 0.29) is 6.04 Å². The number of allylic oxidation sites excluding steroid dienone is 1. The zero-order valence-corrected chi connectivity index (χ0v) is 12.8. The highest BCUT2D eigenvalue weighted by atomic mass is 14.7. The predicted molar refractivity (Wildman–Crippen MR) is 89.2 cm³/mol. The number of pyridine rings is 1. The van der Waals surface area contributed by atoms with Crippen molar-refractivity contribution in [3.63, 3.8) is 0 Å². The standard InChI is InChI=1S/C19H24N2/c1-14-13-17(16-11-7-8-12-18(16)21-14)19(20)15-9-5-3-2-4-6-10-15/h7-9,11-13,19H,2-6,10,20H2,1H3/b15-9+.